The van der Waals surface area contributed by atoms with Gasteiger partial charge in [-0.25, -0.2) is 4.68 Å². The van der Waals surface area contributed by atoms with Crippen molar-refractivity contribution in [1.29, 1.82) is 0 Å². The summed E-state index contributed by atoms with van der Waals surface area (Å²) < 4.78 is 1.83. The predicted octanol–water partition coefficient (Wildman–Crippen LogP) is 2.49. The second kappa shape index (κ2) is 3.70. The first-order valence-electron chi connectivity index (χ1n) is 6.02. The molecule has 0 aliphatic heterocycles. The molecule has 1 aromatic heterocycles. The molecule has 0 radical (unpaired) electrons. The number of hydrogen-bond acceptors (Lipinski definition) is 2. The van der Waals surface area contributed by atoms with E-state index in [4.69, 9.17) is 0 Å². The lowest BCUT2D eigenvalue weighted by atomic mass is 9.96. The molecule has 1 N–H and O–H groups in total. The van der Waals surface area contributed by atoms with Gasteiger partial charge in [0.25, 0.3) is 0 Å². The molecule has 3 nitrogen and oxygen atoms in total. The number of rotatable bonds is 3. The Hall–Kier alpha value is -1.61. The Kier molecular flexibility index (Phi) is 2.30. The maximum atomic E-state index is 10.6. The van der Waals surface area contributed by atoms with Gasteiger partial charge in [0.1, 0.15) is 5.60 Å². The van der Waals surface area contributed by atoms with Gasteiger partial charge in [-0.15, -0.1) is 0 Å². The van der Waals surface area contributed by atoms with Crippen molar-refractivity contribution in [3.63, 3.8) is 0 Å². The lowest BCUT2D eigenvalue weighted by molar-refractivity contribution is 0.0262. The average molecular weight is 228 g/mol. The van der Waals surface area contributed by atoms with Gasteiger partial charge in [-0.1, -0.05) is 18.2 Å². The molecule has 0 saturated heterocycles. The van der Waals surface area contributed by atoms with E-state index in [1.165, 1.54) is 0 Å². The van der Waals surface area contributed by atoms with Gasteiger partial charge in [0.05, 0.1) is 11.4 Å². The molecule has 2 aromatic rings. The molecule has 3 heteroatoms. The maximum absolute atomic E-state index is 10.6. The molecule has 1 unspecified atom stereocenters. The van der Waals surface area contributed by atoms with Crippen molar-refractivity contribution in [1.82, 2.24) is 9.78 Å². The Morgan fingerprint density at radius 3 is 2.59 bits per heavy atom. The standard InChI is InChI=1S/C14H16N2O/c1-14(17,11-7-8-11)13-9-10-15-16(13)12-5-3-2-4-6-12/h2-6,9-11,17H,7-8H2,1H3. The Morgan fingerprint density at radius 2 is 1.94 bits per heavy atom. The van der Waals surface area contributed by atoms with E-state index in [9.17, 15) is 5.11 Å². The average Bonchev–Trinajstić information content (AvgIpc) is 3.08. The minimum absolute atomic E-state index is 0.377. The molecule has 1 aliphatic carbocycles. The largest absolute Gasteiger partial charge is 0.384 e. The first-order chi connectivity index (χ1) is 8.19. The van der Waals surface area contributed by atoms with E-state index < -0.39 is 5.60 Å². The van der Waals surface area contributed by atoms with Gasteiger partial charge in [-0.05, 0) is 43.9 Å². The summed E-state index contributed by atoms with van der Waals surface area (Å²) in [5.41, 5.74) is 1.10. The summed E-state index contributed by atoms with van der Waals surface area (Å²) >= 11 is 0. The summed E-state index contributed by atoms with van der Waals surface area (Å²) in [4.78, 5) is 0. The Balaban J connectivity index is 2.05. The maximum Gasteiger partial charge on any atom is 0.107 e. The van der Waals surface area contributed by atoms with Gasteiger partial charge in [-0.2, -0.15) is 5.10 Å². The fourth-order valence-electron chi connectivity index (χ4n) is 2.32. The van der Waals surface area contributed by atoms with Gasteiger partial charge < -0.3 is 5.11 Å². The third kappa shape index (κ3) is 1.76. The number of aromatic nitrogens is 2. The molecule has 17 heavy (non-hydrogen) atoms. The summed E-state index contributed by atoms with van der Waals surface area (Å²) in [6.07, 6.45) is 3.96. The van der Waals surface area contributed by atoms with E-state index in [1.54, 1.807) is 6.20 Å². The van der Waals surface area contributed by atoms with E-state index >= 15 is 0 Å². The molecule has 1 fully saturated rings. The lowest BCUT2D eigenvalue weighted by Gasteiger charge is -2.24. The molecule has 1 aromatic carbocycles. The highest BCUT2D eigenvalue weighted by Crippen LogP contribution is 2.45. The number of para-hydroxylation sites is 1. The van der Waals surface area contributed by atoms with E-state index in [-0.39, 0.29) is 0 Å². The summed E-state index contributed by atoms with van der Waals surface area (Å²) in [6, 6.07) is 11.8. The molecule has 0 amide bonds. The highest BCUT2D eigenvalue weighted by molar-refractivity contribution is 5.34. The van der Waals surface area contributed by atoms with Crippen LogP contribution in [-0.4, -0.2) is 14.9 Å². The second-order valence-electron chi connectivity index (χ2n) is 4.89. The molecule has 1 heterocycles. The van der Waals surface area contributed by atoms with Crippen molar-refractivity contribution >= 4 is 0 Å². The van der Waals surface area contributed by atoms with E-state index in [2.05, 4.69) is 5.10 Å². The number of benzene rings is 1. The molecular weight excluding hydrogens is 212 g/mol. The van der Waals surface area contributed by atoms with Crippen LogP contribution in [0.3, 0.4) is 0 Å². The van der Waals surface area contributed by atoms with Crippen molar-refractivity contribution < 1.29 is 5.11 Å². The van der Waals surface area contributed by atoms with Crippen molar-refractivity contribution in [2.24, 2.45) is 5.92 Å². The zero-order valence-corrected chi connectivity index (χ0v) is 9.87. The van der Waals surface area contributed by atoms with Gasteiger partial charge in [0.2, 0.25) is 0 Å². The first kappa shape index (κ1) is 10.5. The minimum Gasteiger partial charge on any atom is -0.384 e. The van der Waals surface area contributed by atoms with Gasteiger partial charge in [0, 0.05) is 6.20 Å². The van der Waals surface area contributed by atoms with Crippen molar-refractivity contribution in [3.05, 3.63) is 48.3 Å². The van der Waals surface area contributed by atoms with Crippen LogP contribution >= 0.6 is 0 Å². The summed E-state index contributed by atoms with van der Waals surface area (Å²) in [5, 5.41) is 14.9. The fraction of sp³-hybridized carbons (Fsp3) is 0.357. The molecule has 1 atom stereocenters. The van der Waals surface area contributed by atoms with Gasteiger partial charge in [0.15, 0.2) is 0 Å². The third-order valence-corrected chi connectivity index (χ3v) is 3.53. The highest BCUT2D eigenvalue weighted by atomic mass is 16.3. The van der Waals surface area contributed by atoms with Crippen LogP contribution in [0.1, 0.15) is 25.5 Å². The van der Waals surface area contributed by atoms with Crippen molar-refractivity contribution in [3.8, 4) is 5.69 Å². The minimum atomic E-state index is -0.771. The molecule has 1 aliphatic rings. The zero-order chi connectivity index (χ0) is 11.9. The Bertz CT molecular complexity index is 512. The van der Waals surface area contributed by atoms with Gasteiger partial charge in [-0.3, -0.25) is 0 Å². The smallest absolute Gasteiger partial charge is 0.107 e. The van der Waals surface area contributed by atoms with Crippen LogP contribution in [0.25, 0.3) is 5.69 Å². The Morgan fingerprint density at radius 1 is 1.24 bits per heavy atom. The topological polar surface area (TPSA) is 38.1 Å². The van der Waals surface area contributed by atoms with Crippen LogP contribution in [0.5, 0.6) is 0 Å². The predicted molar refractivity (Wildman–Crippen MR) is 65.9 cm³/mol. The highest BCUT2D eigenvalue weighted by Gasteiger charge is 2.43. The van der Waals surface area contributed by atoms with E-state index in [0.717, 1.165) is 24.2 Å². The third-order valence-electron chi connectivity index (χ3n) is 3.53. The van der Waals surface area contributed by atoms with E-state index in [1.807, 2.05) is 48.0 Å². The van der Waals surface area contributed by atoms with Crippen LogP contribution in [0.4, 0.5) is 0 Å². The summed E-state index contributed by atoms with van der Waals surface area (Å²) in [6.45, 7) is 1.89. The molecule has 0 bridgehead atoms. The fourth-order valence-corrected chi connectivity index (χ4v) is 2.32. The van der Waals surface area contributed by atoms with Crippen LogP contribution < -0.4 is 0 Å². The molecule has 0 spiro atoms. The van der Waals surface area contributed by atoms with Crippen LogP contribution in [0.2, 0.25) is 0 Å². The zero-order valence-electron chi connectivity index (χ0n) is 9.87. The normalized spacial score (nSPS) is 18.9. The Labute approximate surface area is 101 Å². The summed E-state index contributed by atoms with van der Waals surface area (Å²) in [5.74, 6) is 0.377. The SMILES string of the molecule is CC(O)(c1ccnn1-c1ccccc1)C1CC1. The first-order valence-corrected chi connectivity index (χ1v) is 6.02. The van der Waals surface area contributed by atoms with Crippen molar-refractivity contribution in [2.75, 3.05) is 0 Å². The van der Waals surface area contributed by atoms with Crippen LogP contribution in [0.15, 0.2) is 42.6 Å². The quantitative estimate of drug-likeness (QED) is 0.876. The van der Waals surface area contributed by atoms with Gasteiger partial charge >= 0.3 is 0 Å². The molecule has 1 saturated carbocycles. The number of nitrogens with zero attached hydrogens (tertiary/aromatic N) is 2. The van der Waals surface area contributed by atoms with E-state index in [0.29, 0.717) is 5.92 Å². The second-order valence-corrected chi connectivity index (χ2v) is 4.89. The number of aliphatic hydroxyl groups is 1. The number of hydrogen-bond donors (Lipinski definition) is 1. The van der Waals surface area contributed by atoms with Crippen LogP contribution in [-0.2, 0) is 5.60 Å². The monoisotopic (exact) mass is 228 g/mol. The van der Waals surface area contributed by atoms with Crippen LogP contribution in [0, 0.1) is 5.92 Å². The van der Waals surface area contributed by atoms with Crippen molar-refractivity contribution in [2.45, 2.75) is 25.4 Å². The molecule has 88 valence electrons. The molecule has 3 rings (SSSR count). The summed E-state index contributed by atoms with van der Waals surface area (Å²) in [7, 11) is 0. The molecular formula is C14H16N2O. The lowest BCUT2D eigenvalue weighted by Crippen LogP contribution is -2.27.